The number of carbonyl (C=O) groups is 1. The van der Waals surface area contributed by atoms with Gasteiger partial charge < -0.3 is 14.8 Å². The molecule has 0 aromatic carbocycles. The maximum Gasteiger partial charge on any atom is 0.339 e. The highest BCUT2D eigenvalue weighted by molar-refractivity contribution is 5.74. The number of hydrogen-bond donors (Lipinski definition) is 2. The van der Waals surface area contributed by atoms with Gasteiger partial charge in [-0.1, -0.05) is 0 Å². The Labute approximate surface area is 69.4 Å². The molecular weight excluding hydrogens is 160 g/mol. The second-order valence-electron chi connectivity index (χ2n) is 2.37. The Morgan fingerprint density at radius 3 is 2.83 bits per heavy atom. The van der Waals surface area contributed by atoms with Gasteiger partial charge in [0.1, 0.15) is 5.69 Å². The van der Waals surface area contributed by atoms with E-state index in [1.807, 2.05) is 0 Å². The van der Waals surface area contributed by atoms with Gasteiger partial charge in [0.15, 0.2) is 6.10 Å². The van der Waals surface area contributed by atoms with Gasteiger partial charge in [-0.25, -0.2) is 9.78 Å². The summed E-state index contributed by atoms with van der Waals surface area (Å²) in [5.41, 5.74) is 1.13. The van der Waals surface area contributed by atoms with Crippen LogP contribution in [0.1, 0.15) is 17.5 Å². The first-order chi connectivity index (χ1) is 5.66. The van der Waals surface area contributed by atoms with Crippen molar-refractivity contribution in [2.75, 3.05) is 7.11 Å². The zero-order valence-corrected chi connectivity index (χ0v) is 6.87. The zero-order chi connectivity index (χ0) is 9.14. The zero-order valence-electron chi connectivity index (χ0n) is 6.87. The molecule has 1 aromatic heterocycles. The lowest BCUT2D eigenvalue weighted by Crippen LogP contribution is -2.14. The number of imidazole rings is 1. The number of methoxy groups -OCH3 is 1. The summed E-state index contributed by atoms with van der Waals surface area (Å²) in [5, 5.41) is 8.69. The summed E-state index contributed by atoms with van der Waals surface area (Å²) >= 11 is 0. The molecule has 0 fully saturated rings. The first-order valence-corrected chi connectivity index (χ1v) is 3.42. The number of carboxylic acids is 1. The van der Waals surface area contributed by atoms with Gasteiger partial charge in [-0.2, -0.15) is 0 Å². The lowest BCUT2D eigenvalue weighted by atomic mass is 10.2. The molecule has 1 aromatic rings. The Balaban J connectivity index is 2.94. The van der Waals surface area contributed by atoms with Crippen LogP contribution in [0.15, 0.2) is 6.33 Å². The van der Waals surface area contributed by atoms with Crippen LogP contribution < -0.4 is 0 Å². The number of aliphatic carboxylic acids is 1. The number of H-pyrrole nitrogens is 1. The number of carboxylic acid groups (broad SMARTS) is 1. The summed E-state index contributed by atoms with van der Waals surface area (Å²) in [4.78, 5) is 17.2. The Kier molecular flexibility index (Phi) is 2.44. The summed E-state index contributed by atoms with van der Waals surface area (Å²) in [5.74, 6) is -1.03. The highest BCUT2D eigenvalue weighted by atomic mass is 16.5. The van der Waals surface area contributed by atoms with Crippen molar-refractivity contribution in [2.24, 2.45) is 0 Å². The van der Waals surface area contributed by atoms with Gasteiger partial charge in [0.2, 0.25) is 0 Å². The molecule has 0 aliphatic carbocycles. The minimum atomic E-state index is -1.03. The SMILES string of the molecule is COC(C(=O)O)c1nc[nH]c1C. The lowest BCUT2D eigenvalue weighted by Gasteiger charge is -2.07. The van der Waals surface area contributed by atoms with Gasteiger partial charge in [0, 0.05) is 12.8 Å². The Bertz CT molecular complexity index is 282. The van der Waals surface area contributed by atoms with E-state index in [0.717, 1.165) is 0 Å². The van der Waals surface area contributed by atoms with Crippen LogP contribution in [-0.4, -0.2) is 28.2 Å². The summed E-state index contributed by atoms with van der Waals surface area (Å²) in [6, 6.07) is 0. The summed E-state index contributed by atoms with van der Waals surface area (Å²) in [7, 11) is 1.34. The minimum Gasteiger partial charge on any atom is -0.479 e. The summed E-state index contributed by atoms with van der Waals surface area (Å²) < 4.78 is 4.75. The number of nitrogens with one attached hydrogen (secondary N) is 1. The fourth-order valence-corrected chi connectivity index (χ4v) is 0.963. The van der Waals surface area contributed by atoms with Crippen LogP contribution in [-0.2, 0) is 9.53 Å². The van der Waals surface area contributed by atoms with E-state index < -0.39 is 12.1 Å². The van der Waals surface area contributed by atoms with Crippen molar-refractivity contribution in [3.63, 3.8) is 0 Å². The standard InChI is InChI=1S/C7H10N2O3/c1-4-5(9-3-8-4)6(12-2)7(10)11/h3,6H,1-2H3,(H,8,9)(H,10,11). The molecule has 5 nitrogen and oxygen atoms in total. The molecule has 2 N–H and O–H groups in total. The Morgan fingerprint density at radius 1 is 1.83 bits per heavy atom. The van der Waals surface area contributed by atoms with Crippen LogP contribution in [0, 0.1) is 6.92 Å². The normalized spacial score (nSPS) is 12.8. The van der Waals surface area contributed by atoms with Crippen molar-refractivity contribution < 1.29 is 14.6 Å². The van der Waals surface area contributed by atoms with E-state index in [2.05, 4.69) is 9.97 Å². The van der Waals surface area contributed by atoms with Crippen LogP contribution in [0.2, 0.25) is 0 Å². The van der Waals surface area contributed by atoms with Crippen molar-refractivity contribution in [3.8, 4) is 0 Å². The van der Waals surface area contributed by atoms with Crippen LogP contribution in [0.5, 0.6) is 0 Å². The van der Waals surface area contributed by atoms with E-state index in [-0.39, 0.29) is 0 Å². The molecule has 0 spiro atoms. The van der Waals surface area contributed by atoms with Crippen LogP contribution in [0.4, 0.5) is 0 Å². The molecule has 1 unspecified atom stereocenters. The molecule has 0 bridgehead atoms. The first kappa shape index (κ1) is 8.73. The smallest absolute Gasteiger partial charge is 0.339 e. The van der Waals surface area contributed by atoms with Crippen molar-refractivity contribution in [3.05, 3.63) is 17.7 Å². The second-order valence-corrected chi connectivity index (χ2v) is 2.37. The summed E-state index contributed by atoms with van der Waals surface area (Å²) in [6.07, 6.45) is 0.468. The molecule has 5 heteroatoms. The van der Waals surface area contributed by atoms with Crippen molar-refractivity contribution in [1.29, 1.82) is 0 Å². The van der Waals surface area contributed by atoms with Crippen LogP contribution in [0.25, 0.3) is 0 Å². The lowest BCUT2D eigenvalue weighted by molar-refractivity contribution is -0.149. The molecule has 0 amide bonds. The maximum absolute atomic E-state index is 10.6. The number of aromatic amines is 1. The third kappa shape index (κ3) is 1.45. The molecule has 0 saturated heterocycles. The van der Waals surface area contributed by atoms with E-state index in [4.69, 9.17) is 9.84 Å². The molecule has 66 valence electrons. The van der Waals surface area contributed by atoms with Gasteiger partial charge in [-0.3, -0.25) is 0 Å². The number of rotatable bonds is 3. The number of aryl methyl sites for hydroxylation is 1. The number of hydrogen-bond acceptors (Lipinski definition) is 3. The van der Waals surface area contributed by atoms with Crippen molar-refractivity contribution >= 4 is 5.97 Å². The Hall–Kier alpha value is -1.36. The predicted molar refractivity (Wildman–Crippen MR) is 40.7 cm³/mol. The topological polar surface area (TPSA) is 75.2 Å². The number of ether oxygens (including phenoxy) is 1. The predicted octanol–water partition coefficient (Wildman–Crippen LogP) is 0.490. The molecular formula is C7H10N2O3. The highest BCUT2D eigenvalue weighted by Crippen LogP contribution is 2.16. The van der Waals surface area contributed by atoms with Crippen molar-refractivity contribution in [2.45, 2.75) is 13.0 Å². The average Bonchev–Trinajstić information content (AvgIpc) is 2.38. The Morgan fingerprint density at radius 2 is 2.50 bits per heavy atom. The van der Waals surface area contributed by atoms with Crippen LogP contribution >= 0.6 is 0 Å². The molecule has 1 rings (SSSR count). The second kappa shape index (κ2) is 3.36. The number of aromatic nitrogens is 2. The maximum atomic E-state index is 10.6. The van der Waals surface area contributed by atoms with Gasteiger partial charge >= 0.3 is 5.97 Å². The van der Waals surface area contributed by atoms with Crippen molar-refractivity contribution in [1.82, 2.24) is 9.97 Å². The van der Waals surface area contributed by atoms with E-state index in [1.54, 1.807) is 6.92 Å². The quantitative estimate of drug-likeness (QED) is 0.692. The fraction of sp³-hybridized carbons (Fsp3) is 0.429. The number of nitrogens with zero attached hydrogens (tertiary/aromatic N) is 1. The molecule has 1 atom stereocenters. The molecule has 0 aliphatic rings. The third-order valence-corrected chi connectivity index (χ3v) is 1.58. The van der Waals surface area contributed by atoms with Gasteiger partial charge in [-0.15, -0.1) is 0 Å². The first-order valence-electron chi connectivity index (χ1n) is 3.42. The largest absolute Gasteiger partial charge is 0.479 e. The van der Waals surface area contributed by atoms with Gasteiger partial charge in [-0.05, 0) is 6.92 Å². The van der Waals surface area contributed by atoms with E-state index in [1.165, 1.54) is 13.4 Å². The van der Waals surface area contributed by atoms with Gasteiger partial charge in [0.25, 0.3) is 0 Å². The van der Waals surface area contributed by atoms with E-state index >= 15 is 0 Å². The summed E-state index contributed by atoms with van der Waals surface area (Å²) in [6.45, 7) is 1.75. The fourth-order valence-electron chi connectivity index (χ4n) is 0.963. The minimum absolute atomic E-state index is 0.421. The van der Waals surface area contributed by atoms with E-state index in [9.17, 15) is 4.79 Å². The average molecular weight is 170 g/mol. The molecule has 12 heavy (non-hydrogen) atoms. The third-order valence-electron chi connectivity index (χ3n) is 1.58. The molecule has 0 saturated carbocycles. The van der Waals surface area contributed by atoms with E-state index in [0.29, 0.717) is 11.4 Å². The van der Waals surface area contributed by atoms with Crippen LogP contribution in [0.3, 0.4) is 0 Å². The molecule has 0 radical (unpaired) electrons. The highest BCUT2D eigenvalue weighted by Gasteiger charge is 2.22. The van der Waals surface area contributed by atoms with Gasteiger partial charge in [0.05, 0.1) is 6.33 Å². The molecule has 1 heterocycles. The molecule has 0 aliphatic heterocycles. The monoisotopic (exact) mass is 170 g/mol.